The molecule has 3 rings (SSSR count). The maximum absolute atomic E-state index is 13.0. The molecular formula is C19H24N2O4S. The van der Waals surface area contributed by atoms with E-state index in [9.17, 15) is 8.42 Å². The van der Waals surface area contributed by atoms with Gasteiger partial charge in [-0.1, -0.05) is 24.3 Å². The molecule has 1 saturated heterocycles. The molecule has 1 aliphatic rings. The summed E-state index contributed by atoms with van der Waals surface area (Å²) in [6.45, 7) is 1.52. The van der Waals surface area contributed by atoms with Gasteiger partial charge in [-0.15, -0.1) is 0 Å². The normalized spacial score (nSPS) is 19.3. The van der Waals surface area contributed by atoms with E-state index in [0.717, 1.165) is 5.56 Å². The lowest BCUT2D eigenvalue weighted by Crippen LogP contribution is -2.48. The fourth-order valence-corrected chi connectivity index (χ4v) is 4.69. The van der Waals surface area contributed by atoms with Crippen LogP contribution in [-0.4, -0.2) is 58.5 Å². The van der Waals surface area contributed by atoms with Crippen LogP contribution in [0.5, 0.6) is 11.5 Å². The van der Waals surface area contributed by atoms with Gasteiger partial charge in [-0.25, -0.2) is 8.42 Å². The average molecular weight is 376 g/mol. The third kappa shape index (κ3) is 3.56. The van der Waals surface area contributed by atoms with Crippen molar-refractivity contribution in [2.75, 3.05) is 40.9 Å². The summed E-state index contributed by atoms with van der Waals surface area (Å²) in [6, 6.07) is 14.3. The van der Waals surface area contributed by atoms with Crippen LogP contribution in [0.1, 0.15) is 11.6 Å². The lowest BCUT2D eigenvalue weighted by Gasteiger charge is -2.39. The van der Waals surface area contributed by atoms with Crippen LogP contribution in [0.15, 0.2) is 53.4 Å². The van der Waals surface area contributed by atoms with Crippen LogP contribution in [0.2, 0.25) is 0 Å². The van der Waals surface area contributed by atoms with Crippen molar-refractivity contribution in [1.82, 2.24) is 9.21 Å². The first-order valence-corrected chi connectivity index (χ1v) is 9.88. The molecule has 1 heterocycles. The molecule has 0 bridgehead atoms. The predicted molar refractivity (Wildman–Crippen MR) is 100 cm³/mol. The monoisotopic (exact) mass is 376 g/mol. The van der Waals surface area contributed by atoms with Crippen molar-refractivity contribution in [3.05, 3.63) is 54.1 Å². The second-order valence-electron chi connectivity index (χ2n) is 6.29. The molecule has 0 radical (unpaired) electrons. The van der Waals surface area contributed by atoms with Gasteiger partial charge in [0.15, 0.2) is 11.5 Å². The zero-order chi connectivity index (χ0) is 18.7. The maximum Gasteiger partial charge on any atom is 0.243 e. The summed E-state index contributed by atoms with van der Waals surface area (Å²) in [4.78, 5) is 2.49. The van der Waals surface area contributed by atoms with Crippen LogP contribution < -0.4 is 9.47 Å². The first-order valence-electron chi connectivity index (χ1n) is 8.44. The van der Waals surface area contributed by atoms with Crippen molar-refractivity contribution in [2.24, 2.45) is 0 Å². The Morgan fingerprint density at radius 2 is 1.65 bits per heavy atom. The fraction of sp³-hybridized carbons (Fsp3) is 0.368. The molecule has 0 aliphatic carbocycles. The van der Waals surface area contributed by atoms with E-state index in [1.165, 1.54) is 0 Å². The van der Waals surface area contributed by atoms with Gasteiger partial charge < -0.3 is 9.47 Å². The van der Waals surface area contributed by atoms with E-state index in [-0.39, 0.29) is 6.04 Å². The molecule has 1 fully saturated rings. The quantitative estimate of drug-likeness (QED) is 0.802. The fourth-order valence-electron chi connectivity index (χ4n) is 3.23. The minimum atomic E-state index is -3.50. The van der Waals surface area contributed by atoms with Gasteiger partial charge in [-0.2, -0.15) is 4.31 Å². The van der Waals surface area contributed by atoms with Gasteiger partial charge in [0.25, 0.3) is 0 Å². The van der Waals surface area contributed by atoms with E-state index >= 15 is 0 Å². The average Bonchev–Trinajstić information content (AvgIpc) is 2.68. The SMILES string of the molecule is COc1ccc(C2CN(S(=O)(=O)c3ccccc3)CCN2C)cc1OC. The number of hydrogen-bond acceptors (Lipinski definition) is 5. The molecule has 1 atom stereocenters. The van der Waals surface area contributed by atoms with Gasteiger partial charge in [0.05, 0.1) is 19.1 Å². The Hall–Kier alpha value is -2.09. The Morgan fingerprint density at radius 1 is 0.962 bits per heavy atom. The Kier molecular flexibility index (Phi) is 5.50. The Bertz CT molecular complexity index is 855. The second kappa shape index (κ2) is 7.65. The smallest absolute Gasteiger partial charge is 0.243 e. The first kappa shape index (κ1) is 18.7. The third-order valence-corrected chi connectivity index (χ3v) is 6.66. The molecule has 7 heteroatoms. The van der Waals surface area contributed by atoms with Gasteiger partial charge in [0.1, 0.15) is 0 Å². The largest absolute Gasteiger partial charge is 0.493 e. The van der Waals surface area contributed by atoms with Gasteiger partial charge in [0.2, 0.25) is 10.0 Å². The van der Waals surface area contributed by atoms with E-state index in [1.54, 1.807) is 42.8 Å². The highest BCUT2D eigenvalue weighted by molar-refractivity contribution is 7.89. The maximum atomic E-state index is 13.0. The number of ether oxygens (including phenoxy) is 2. The Labute approximate surface area is 155 Å². The van der Waals surface area contributed by atoms with Crippen LogP contribution in [0.25, 0.3) is 0 Å². The van der Waals surface area contributed by atoms with Gasteiger partial charge in [-0.05, 0) is 36.9 Å². The molecule has 2 aromatic carbocycles. The standard InChI is InChI=1S/C19H24N2O4S/c1-20-11-12-21(26(22,23)16-7-5-4-6-8-16)14-17(20)15-9-10-18(24-2)19(13-15)25-3/h4-10,13,17H,11-12,14H2,1-3H3. The van der Waals surface area contributed by atoms with Crippen LogP contribution in [0, 0.1) is 0 Å². The van der Waals surface area contributed by atoms with E-state index in [4.69, 9.17) is 9.47 Å². The summed E-state index contributed by atoms with van der Waals surface area (Å²) < 4.78 is 38.2. The Morgan fingerprint density at radius 3 is 2.31 bits per heavy atom. The lowest BCUT2D eigenvalue weighted by atomic mass is 10.0. The zero-order valence-electron chi connectivity index (χ0n) is 15.3. The number of hydrogen-bond donors (Lipinski definition) is 0. The first-order chi connectivity index (χ1) is 12.5. The molecule has 0 amide bonds. The summed E-state index contributed by atoms with van der Waals surface area (Å²) in [5.74, 6) is 1.30. The molecular weight excluding hydrogens is 352 g/mol. The lowest BCUT2D eigenvalue weighted by molar-refractivity contribution is 0.148. The van der Waals surface area contributed by atoms with Crippen LogP contribution in [0.3, 0.4) is 0 Å². The van der Waals surface area contributed by atoms with Crippen molar-refractivity contribution in [2.45, 2.75) is 10.9 Å². The highest BCUT2D eigenvalue weighted by Crippen LogP contribution is 2.34. The molecule has 26 heavy (non-hydrogen) atoms. The van der Waals surface area contributed by atoms with Crippen molar-refractivity contribution >= 4 is 10.0 Å². The van der Waals surface area contributed by atoms with Gasteiger partial charge in [-0.3, -0.25) is 4.90 Å². The highest BCUT2D eigenvalue weighted by Gasteiger charge is 2.33. The van der Waals surface area contributed by atoms with E-state index < -0.39 is 10.0 Å². The van der Waals surface area contributed by atoms with Crippen molar-refractivity contribution < 1.29 is 17.9 Å². The summed E-state index contributed by atoms with van der Waals surface area (Å²) in [5, 5.41) is 0. The minimum absolute atomic E-state index is 0.0537. The van der Waals surface area contributed by atoms with Gasteiger partial charge in [0, 0.05) is 25.7 Å². The summed E-state index contributed by atoms with van der Waals surface area (Å²) in [5.41, 5.74) is 0.998. The third-order valence-electron chi connectivity index (χ3n) is 4.78. The highest BCUT2D eigenvalue weighted by atomic mass is 32.2. The summed E-state index contributed by atoms with van der Waals surface area (Å²) >= 11 is 0. The number of rotatable bonds is 5. The number of nitrogens with zero attached hydrogens (tertiary/aromatic N) is 2. The molecule has 0 aromatic heterocycles. The number of piperazine rings is 1. The molecule has 1 unspecified atom stereocenters. The van der Waals surface area contributed by atoms with E-state index in [2.05, 4.69) is 4.90 Å². The molecule has 0 N–H and O–H groups in total. The number of benzene rings is 2. The van der Waals surface area contributed by atoms with E-state index in [1.807, 2.05) is 31.3 Å². The van der Waals surface area contributed by atoms with Crippen molar-refractivity contribution in [3.8, 4) is 11.5 Å². The zero-order valence-corrected chi connectivity index (χ0v) is 16.1. The molecule has 1 aliphatic heterocycles. The van der Waals surface area contributed by atoms with E-state index in [0.29, 0.717) is 36.0 Å². The minimum Gasteiger partial charge on any atom is -0.493 e. The number of methoxy groups -OCH3 is 2. The van der Waals surface area contributed by atoms with Crippen molar-refractivity contribution in [3.63, 3.8) is 0 Å². The molecule has 6 nitrogen and oxygen atoms in total. The van der Waals surface area contributed by atoms with Crippen LogP contribution in [0.4, 0.5) is 0 Å². The van der Waals surface area contributed by atoms with Crippen LogP contribution in [-0.2, 0) is 10.0 Å². The van der Waals surface area contributed by atoms with Crippen molar-refractivity contribution in [1.29, 1.82) is 0 Å². The predicted octanol–water partition coefficient (Wildman–Crippen LogP) is 2.38. The Balaban J connectivity index is 1.89. The molecule has 0 spiro atoms. The molecule has 0 saturated carbocycles. The molecule has 2 aromatic rings. The summed E-state index contributed by atoms with van der Waals surface area (Å²) in [6.07, 6.45) is 0. The topological polar surface area (TPSA) is 59.1 Å². The molecule has 140 valence electrons. The van der Waals surface area contributed by atoms with Crippen LogP contribution >= 0.6 is 0 Å². The van der Waals surface area contributed by atoms with Gasteiger partial charge >= 0.3 is 0 Å². The summed E-state index contributed by atoms with van der Waals surface area (Å²) in [7, 11) is 1.69. The second-order valence-corrected chi connectivity index (χ2v) is 8.22. The number of sulfonamides is 1. The number of likely N-dealkylation sites (N-methyl/N-ethyl adjacent to an activating group) is 1.